The van der Waals surface area contributed by atoms with Gasteiger partial charge in [-0.15, -0.1) is 0 Å². The average Bonchev–Trinajstić information content (AvgIpc) is 2.34. The average molecular weight is 280 g/mol. The highest BCUT2D eigenvalue weighted by atomic mass is 35.5. The molecule has 0 N–H and O–H groups in total. The Balaban J connectivity index is 2.25. The van der Waals surface area contributed by atoms with Gasteiger partial charge in [0.15, 0.2) is 0 Å². The molecular formula is C13H7Cl2NS. The van der Waals surface area contributed by atoms with Crippen molar-refractivity contribution in [3.63, 3.8) is 0 Å². The summed E-state index contributed by atoms with van der Waals surface area (Å²) < 4.78 is 0. The highest BCUT2D eigenvalue weighted by Crippen LogP contribution is 2.32. The van der Waals surface area contributed by atoms with Gasteiger partial charge in [-0.25, -0.2) is 0 Å². The minimum Gasteiger partial charge on any atom is -0.192 e. The second-order valence-corrected chi connectivity index (χ2v) is 5.28. The molecule has 2 aromatic rings. The van der Waals surface area contributed by atoms with Gasteiger partial charge in [-0.05, 0) is 36.4 Å². The summed E-state index contributed by atoms with van der Waals surface area (Å²) in [6.45, 7) is 0. The fraction of sp³-hybridized carbons (Fsp3) is 0. The summed E-state index contributed by atoms with van der Waals surface area (Å²) in [7, 11) is 0. The molecule has 0 bridgehead atoms. The first kappa shape index (κ1) is 12.3. The molecule has 0 atom stereocenters. The van der Waals surface area contributed by atoms with Crippen LogP contribution in [0.4, 0.5) is 0 Å². The van der Waals surface area contributed by atoms with Crippen molar-refractivity contribution in [3.05, 3.63) is 58.1 Å². The SMILES string of the molecule is N#Cc1cccc(Sc2ccc(Cl)c(Cl)c2)c1. The zero-order valence-electron chi connectivity index (χ0n) is 8.65. The fourth-order valence-corrected chi connectivity index (χ4v) is 2.59. The number of nitrogens with zero attached hydrogens (tertiary/aromatic N) is 1. The summed E-state index contributed by atoms with van der Waals surface area (Å²) in [6.07, 6.45) is 0. The molecule has 0 amide bonds. The van der Waals surface area contributed by atoms with Crippen LogP contribution in [-0.2, 0) is 0 Å². The summed E-state index contributed by atoms with van der Waals surface area (Å²) in [5, 5.41) is 9.89. The van der Waals surface area contributed by atoms with Crippen LogP contribution in [-0.4, -0.2) is 0 Å². The Kier molecular flexibility index (Phi) is 3.96. The molecule has 0 heterocycles. The van der Waals surface area contributed by atoms with Crippen molar-refractivity contribution in [2.75, 3.05) is 0 Å². The van der Waals surface area contributed by atoms with Crippen LogP contribution in [0, 0.1) is 11.3 Å². The van der Waals surface area contributed by atoms with Gasteiger partial charge in [0.05, 0.1) is 21.7 Å². The topological polar surface area (TPSA) is 23.8 Å². The van der Waals surface area contributed by atoms with E-state index in [0.29, 0.717) is 15.6 Å². The number of rotatable bonds is 2. The monoisotopic (exact) mass is 279 g/mol. The first-order valence-corrected chi connectivity index (χ1v) is 6.39. The molecule has 2 aromatic carbocycles. The first-order valence-electron chi connectivity index (χ1n) is 4.82. The Morgan fingerprint density at radius 3 is 2.41 bits per heavy atom. The molecule has 0 radical (unpaired) electrons. The quantitative estimate of drug-likeness (QED) is 0.771. The van der Waals surface area contributed by atoms with Crippen molar-refractivity contribution in [2.45, 2.75) is 9.79 Å². The van der Waals surface area contributed by atoms with Crippen molar-refractivity contribution in [2.24, 2.45) is 0 Å². The summed E-state index contributed by atoms with van der Waals surface area (Å²) in [4.78, 5) is 2.00. The third-order valence-corrected chi connectivity index (χ3v) is 3.81. The first-order chi connectivity index (χ1) is 8.19. The number of nitriles is 1. The van der Waals surface area contributed by atoms with E-state index >= 15 is 0 Å². The maximum atomic E-state index is 8.81. The zero-order valence-corrected chi connectivity index (χ0v) is 11.0. The van der Waals surface area contributed by atoms with Crippen LogP contribution in [0.25, 0.3) is 0 Å². The Labute approximate surface area is 114 Å². The van der Waals surface area contributed by atoms with E-state index in [0.717, 1.165) is 9.79 Å². The van der Waals surface area contributed by atoms with Crippen LogP contribution in [0.5, 0.6) is 0 Å². The van der Waals surface area contributed by atoms with Crippen molar-refractivity contribution in [1.82, 2.24) is 0 Å². The summed E-state index contributed by atoms with van der Waals surface area (Å²) in [5.41, 5.74) is 0.648. The molecule has 0 spiro atoms. The number of hydrogen-bond donors (Lipinski definition) is 0. The maximum Gasteiger partial charge on any atom is 0.0992 e. The van der Waals surface area contributed by atoms with Gasteiger partial charge < -0.3 is 0 Å². The molecule has 0 saturated carbocycles. The van der Waals surface area contributed by atoms with Gasteiger partial charge in [0.2, 0.25) is 0 Å². The van der Waals surface area contributed by atoms with Crippen molar-refractivity contribution in [3.8, 4) is 6.07 Å². The van der Waals surface area contributed by atoms with Gasteiger partial charge in [0.25, 0.3) is 0 Å². The lowest BCUT2D eigenvalue weighted by atomic mass is 10.2. The summed E-state index contributed by atoms with van der Waals surface area (Å²) >= 11 is 13.3. The van der Waals surface area contributed by atoms with Gasteiger partial charge in [-0.1, -0.05) is 41.0 Å². The third-order valence-electron chi connectivity index (χ3n) is 2.09. The Morgan fingerprint density at radius 1 is 0.941 bits per heavy atom. The van der Waals surface area contributed by atoms with Crippen LogP contribution in [0.3, 0.4) is 0 Å². The van der Waals surface area contributed by atoms with Crippen molar-refractivity contribution in [1.29, 1.82) is 5.26 Å². The van der Waals surface area contributed by atoms with Crippen molar-refractivity contribution >= 4 is 35.0 Å². The smallest absolute Gasteiger partial charge is 0.0992 e. The molecule has 0 aromatic heterocycles. The molecule has 0 aliphatic heterocycles. The molecule has 0 saturated heterocycles. The van der Waals surface area contributed by atoms with E-state index in [-0.39, 0.29) is 0 Å². The largest absolute Gasteiger partial charge is 0.192 e. The van der Waals surface area contributed by atoms with Gasteiger partial charge >= 0.3 is 0 Å². The molecular weight excluding hydrogens is 273 g/mol. The van der Waals surface area contributed by atoms with E-state index in [1.54, 1.807) is 23.9 Å². The van der Waals surface area contributed by atoms with Crippen molar-refractivity contribution < 1.29 is 0 Å². The molecule has 0 aliphatic carbocycles. The van der Waals surface area contributed by atoms with Gasteiger partial charge in [-0.2, -0.15) is 5.26 Å². The zero-order chi connectivity index (χ0) is 12.3. The van der Waals surface area contributed by atoms with E-state index in [9.17, 15) is 0 Å². The Bertz CT molecular complexity index is 590. The molecule has 0 fully saturated rings. The van der Waals surface area contributed by atoms with Crippen LogP contribution in [0.15, 0.2) is 52.3 Å². The molecule has 84 valence electrons. The molecule has 4 heteroatoms. The van der Waals surface area contributed by atoms with E-state index in [1.807, 2.05) is 30.3 Å². The lowest BCUT2D eigenvalue weighted by Crippen LogP contribution is -1.77. The van der Waals surface area contributed by atoms with E-state index in [2.05, 4.69) is 6.07 Å². The number of halogens is 2. The molecule has 0 aliphatic rings. The molecule has 0 unspecified atom stereocenters. The minimum atomic E-state index is 0.535. The third kappa shape index (κ3) is 3.17. The number of benzene rings is 2. The predicted molar refractivity (Wildman–Crippen MR) is 71.7 cm³/mol. The minimum absolute atomic E-state index is 0.535. The van der Waals surface area contributed by atoms with Gasteiger partial charge in [0, 0.05) is 9.79 Å². The van der Waals surface area contributed by atoms with Crippen LogP contribution in [0.1, 0.15) is 5.56 Å². The normalized spacial score (nSPS) is 9.94. The molecule has 17 heavy (non-hydrogen) atoms. The van der Waals surface area contributed by atoms with E-state index in [1.165, 1.54) is 0 Å². The van der Waals surface area contributed by atoms with Crippen LogP contribution in [0.2, 0.25) is 10.0 Å². The Hall–Kier alpha value is -1.14. The molecule has 2 rings (SSSR count). The van der Waals surface area contributed by atoms with E-state index in [4.69, 9.17) is 28.5 Å². The van der Waals surface area contributed by atoms with Gasteiger partial charge in [0.1, 0.15) is 0 Å². The lowest BCUT2D eigenvalue weighted by molar-refractivity contribution is 1.38. The predicted octanol–water partition coefficient (Wildman–Crippen LogP) is 5.02. The van der Waals surface area contributed by atoms with Crippen LogP contribution < -0.4 is 0 Å². The maximum absolute atomic E-state index is 8.81. The lowest BCUT2D eigenvalue weighted by Gasteiger charge is -2.03. The summed E-state index contributed by atoms with van der Waals surface area (Å²) in [6, 6.07) is 15.0. The second-order valence-electron chi connectivity index (χ2n) is 3.32. The fourth-order valence-electron chi connectivity index (χ4n) is 1.31. The Morgan fingerprint density at radius 2 is 1.71 bits per heavy atom. The standard InChI is InChI=1S/C13H7Cl2NS/c14-12-5-4-11(7-13(12)15)17-10-3-1-2-9(6-10)8-16/h1-7H. The second kappa shape index (κ2) is 5.46. The number of hydrogen-bond acceptors (Lipinski definition) is 2. The van der Waals surface area contributed by atoms with E-state index < -0.39 is 0 Å². The summed E-state index contributed by atoms with van der Waals surface area (Å²) in [5.74, 6) is 0. The highest BCUT2D eigenvalue weighted by Gasteiger charge is 2.02. The van der Waals surface area contributed by atoms with Gasteiger partial charge in [-0.3, -0.25) is 0 Å². The van der Waals surface area contributed by atoms with Crippen LogP contribution >= 0.6 is 35.0 Å². The molecule has 1 nitrogen and oxygen atoms in total. The highest BCUT2D eigenvalue weighted by molar-refractivity contribution is 7.99.